The van der Waals surface area contributed by atoms with Crippen molar-refractivity contribution < 1.29 is 35.6 Å². The van der Waals surface area contributed by atoms with Crippen molar-refractivity contribution in [1.82, 2.24) is 9.71 Å². The third kappa shape index (κ3) is 6.46. The maximum absolute atomic E-state index is 13.6. The Labute approximate surface area is 229 Å². The van der Waals surface area contributed by atoms with Crippen molar-refractivity contribution in [1.29, 1.82) is 0 Å². The summed E-state index contributed by atoms with van der Waals surface area (Å²) in [7, 11) is -3.79. The quantitative estimate of drug-likeness (QED) is 0.419. The van der Waals surface area contributed by atoms with E-state index in [9.17, 15) is 31.2 Å². The highest BCUT2D eigenvalue weighted by atomic mass is 32.2. The zero-order valence-corrected chi connectivity index (χ0v) is 22.9. The van der Waals surface area contributed by atoms with Gasteiger partial charge in [-0.05, 0) is 70.0 Å². The van der Waals surface area contributed by atoms with Crippen LogP contribution in [0.15, 0.2) is 59.0 Å². The predicted molar refractivity (Wildman–Crippen MR) is 143 cm³/mol. The average Bonchev–Trinajstić information content (AvgIpc) is 3.36. The van der Waals surface area contributed by atoms with Gasteiger partial charge >= 0.3 is 6.18 Å². The second kappa shape index (κ2) is 11.0. The highest BCUT2D eigenvalue weighted by Gasteiger charge is 2.42. The number of hydrogen-bond donors (Lipinski definition) is 2. The van der Waals surface area contributed by atoms with Crippen LogP contribution in [0.5, 0.6) is 0 Å². The lowest BCUT2D eigenvalue weighted by Crippen LogP contribution is -2.47. The molecule has 13 heteroatoms. The average molecular weight is 579 g/mol. The first kappa shape index (κ1) is 29.1. The third-order valence-electron chi connectivity index (χ3n) is 6.52. The smallest absolute Gasteiger partial charge is 0.431 e. The molecule has 0 saturated carbocycles. The van der Waals surface area contributed by atoms with Crippen LogP contribution in [0.2, 0.25) is 0 Å². The molecule has 214 valence electrons. The molecule has 0 atom stereocenters. The molecule has 2 amide bonds. The second-order valence-electron chi connectivity index (χ2n) is 10.4. The number of halogens is 3. The molecule has 1 aliphatic rings. The van der Waals surface area contributed by atoms with Gasteiger partial charge in [0.2, 0.25) is 27.6 Å². The summed E-state index contributed by atoms with van der Waals surface area (Å²) < 4.78 is 71.3. The predicted octanol–water partition coefficient (Wildman–Crippen LogP) is 5.07. The van der Waals surface area contributed by atoms with Crippen molar-refractivity contribution in [2.24, 2.45) is 5.92 Å². The number of nitrogens with one attached hydrogen (secondary N) is 2. The lowest BCUT2D eigenvalue weighted by molar-refractivity contribution is -0.153. The first-order chi connectivity index (χ1) is 18.7. The lowest BCUT2D eigenvalue weighted by Gasteiger charge is -2.33. The Hall–Kier alpha value is -3.87. The van der Waals surface area contributed by atoms with Crippen molar-refractivity contribution in [3.63, 3.8) is 0 Å². The molecule has 2 N–H and O–H groups in total. The lowest BCUT2D eigenvalue weighted by atomic mass is 9.96. The van der Waals surface area contributed by atoms with Gasteiger partial charge in [-0.25, -0.2) is 13.4 Å². The Kier molecular flexibility index (Phi) is 7.97. The van der Waals surface area contributed by atoms with Crippen LogP contribution in [0.1, 0.15) is 49.9 Å². The fourth-order valence-corrected chi connectivity index (χ4v) is 4.82. The zero-order chi connectivity index (χ0) is 29.3. The molecule has 1 saturated heterocycles. The zero-order valence-electron chi connectivity index (χ0n) is 22.1. The summed E-state index contributed by atoms with van der Waals surface area (Å²) in [4.78, 5) is 31.1. The van der Waals surface area contributed by atoms with E-state index >= 15 is 0 Å². The third-order valence-corrected chi connectivity index (χ3v) is 8.60. The monoisotopic (exact) mass is 578 g/mol. The highest BCUT2D eigenvalue weighted by molar-refractivity contribution is 7.91. The Morgan fingerprint density at radius 3 is 2.12 bits per heavy atom. The number of piperidine rings is 1. The number of anilines is 2. The maximum atomic E-state index is 13.6. The van der Waals surface area contributed by atoms with Gasteiger partial charge in [0.25, 0.3) is 5.91 Å². The van der Waals surface area contributed by atoms with Crippen LogP contribution in [0, 0.1) is 5.92 Å². The van der Waals surface area contributed by atoms with Crippen molar-refractivity contribution >= 4 is 33.2 Å². The molecular weight excluding hydrogens is 549 g/mol. The molecule has 9 nitrogen and oxygen atoms in total. The van der Waals surface area contributed by atoms with E-state index in [0.29, 0.717) is 31.5 Å². The summed E-state index contributed by atoms with van der Waals surface area (Å²) in [6.45, 7) is 5.53. The van der Waals surface area contributed by atoms with Gasteiger partial charge in [0.1, 0.15) is 0 Å². The van der Waals surface area contributed by atoms with Gasteiger partial charge in [-0.3, -0.25) is 14.3 Å². The number of nitrogens with zero attached hydrogens (tertiary/aromatic N) is 2. The van der Waals surface area contributed by atoms with Gasteiger partial charge < -0.3 is 14.6 Å². The molecule has 1 fully saturated rings. The number of oxazole rings is 1. The fourth-order valence-electron chi connectivity index (χ4n) is 4.08. The maximum Gasteiger partial charge on any atom is 0.452 e. The van der Waals surface area contributed by atoms with Crippen LogP contribution in [0.25, 0.3) is 11.5 Å². The van der Waals surface area contributed by atoms with E-state index in [0.717, 1.165) is 5.69 Å². The first-order valence-corrected chi connectivity index (χ1v) is 14.0. The fraction of sp³-hybridized carbons (Fsp3) is 0.370. The van der Waals surface area contributed by atoms with Crippen LogP contribution in [0.3, 0.4) is 0 Å². The Balaban J connectivity index is 1.39. The number of rotatable bonds is 6. The largest absolute Gasteiger partial charge is 0.452 e. The number of carbonyl (C=O) groups excluding carboxylic acids is 2. The summed E-state index contributed by atoms with van der Waals surface area (Å²) in [5.41, 5.74) is 0.466. The number of benzene rings is 2. The van der Waals surface area contributed by atoms with Crippen molar-refractivity contribution in [2.45, 2.75) is 44.5 Å². The molecule has 2 aromatic carbocycles. The SMILES string of the molecule is CC(C)(C)S(=O)(=O)NC(=O)C1CCN(c2ccc(NC(=O)c3nc(-c4ccccc4)oc3C(F)(F)F)cc2)CC1. The van der Waals surface area contributed by atoms with E-state index in [2.05, 4.69) is 15.0 Å². The molecule has 0 radical (unpaired) electrons. The minimum atomic E-state index is -4.92. The van der Waals surface area contributed by atoms with Crippen LogP contribution in [-0.2, 0) is 21.0 Å². The first-order valence-electron chi connectivity index (χ1n) is 12.5. The number of alkyl halides is 3. The van der Waals surface area contributed by atoms with Crippen molar-refractivity contribution in [3.8, 4) is 11.5 Å². The molecule has 0 spiro atoms. The minimum Gasteiger partial charge on any atom is -0.431 e. The molecule has 0 aliphatic carbocycles. The van der Waals surface area contributed by atoms with Gasteiger partial charge in [0, 0.05) is 35.9 Å². The molecule has 3 aromatic rings. The highest BCUT2D eigenvalue weighted by Crippen LogP contribution is 2.35. The van der Waals surface area contributed by atoms with Crippen LogP contribution < -0.4 is 14.9 Å². The van der Waals surface area contributed by atoms with Gasteiger partial charge in [-0.15, -0.1) is 0 Å². The topological polar surface area (TPSA) is 122 Å². The van der Waals surface area contributed by atoms with E-state index < -0.39 is 50.1 Å². The molecule has 2 heterocycles. The second-order valence-corrected chi connectivity index (χ2v) is 12.8. The standard InChI is InChI=1S/C27H29F3N4O5S/c1-26(2,3)40(37,38)33-23(35)17-13-15-34(16-14-17)20-11-9-19(10-12-20)31-24(36)21-22(27(28,29)30)39-25(32-21)18-7-5-4-6-8-18/h4-12,17H,13-16H2,1-3H3,(H,31,36)(H,33,35). The molecule has 0 bridgehead atoms. The number of carbonyl (C=O) groups is 2. The molecule has 1 aromatic heterocycles. The van der Waals surface area contributed by atoms with E-state index in [1.165, 1.54) is 32.9 Å². The number of aromatic nitrogens is 1. The number of sulfonamides is 1. The normalized spacial score (nSPS) is 15.1. The summed E-state index contributed by atoms with van der Waals surface area (Å²) in [6, 6.07) is 14.5. The van der Waals surface area contributed by atoms with E-state index in [1.54, 1.807) is 42.5 Å². The summed E-state index contributed by atoms with van der Waals surface area (Å²) in [5.74, 6) is -3.83. The molecule has 4 rings (SSSR count). The Morgan fingerprint density at radius 2 is 1.57 bits per heavy atom. The van der Waals surface area contributed by atoms with Crippen LogP contribution in [-0.4, -0.2) is 43.1 Å². The van der Waals surface area contributed by atoms with E-state index in [-0.39, 0.29) is 11.6 Å². The van der Waals surface area contributed by atoms with Crippen molar-refractivity contribution in [2.75, 3.05) is 23.3 Å². The molecule has 0 unspecified atom stereocenters. The molecule has 40 heavy (non-hydrogen) atoms. The Bertz CT molecular complexity index is 1470. The van der Waals surface area contributed by atoms with E-state index in [4.69, 9.17) is 4.42 Å². The van der Waals surface area contributed by atoms with Crippen LogP contribution in [0.4, 0.5) is 24.5 Å². The number of amides is 2. The molecule has 1 aliphatic heterocycles. The van der Waals surface area contributed by atoms with Crippen LogP contribution >= 0.6 is 0 Å². The van der Waals surface area contributed by atoms with Gasteiger partial charge in [-0.2, -0.15) is 13.2 Å². The van der Waals surface area contributed by atoms with Crippen molar-refractivity contribution in [3.05, 3.63) is 66.1 Å². The van der Waals surface area contributed by atoms with Gasteiger partial charge in [0.15, 0.2) is 5.69 Å². The van der Waals surface area contributed by atoms with Gasteiger partial charge in [0.05, 0.1) is 4.75 Å². The molecular formula is C27H29F3N4O5S. The minimum absolute atomic E-state index is 0.257. The summed E-state index contributed by atoms with van der Waals surface area (Å²) >= 11 is 0. The van der Waals surface area contributed by atoms with E-state index in [1.807, 2.05) is 4.90 Å². The number of hydrogen-bond acceptors (Lipinski definition) is 7. The summed E-state index contributed by atoms with van der Waals surface area (Å²) in [6.07, 6.45) is -4.03. The van der Waals surface area contributed by atoms with Gasteiger partial charge in [-0.1, -0.05) is 18.2 Å². The summed E-state index contributed by atoms with van der Waals surface area (Å²) in [5, 5.41) is 2.43. The Morgan fingerprint density at radius 1 is 0.975 bits per heavy atom.